The molecule has 2 rings (SSSR count). The number of hydrogen-bond donors (Lipinski definition) is 0. The standard InChI is InChI=1S/C9H8ClN3OS/c1-5-6(2)13(4-11-5)9-12-8(10)7(3-14)15-9/h3-4H,1-2H3. The molecule has 0 amide bonds. The number of aldehydes is 1. The molecule has 6 heteroatoms. The molecule has 4 nitrogen and oxygen atoms in total. The first kappa shape index (κ1) is 10.3. The van der Waals surface area contributed by atoms with Crippen molar-refractivity contribution in [2.45, 2.75) is 13.8 Å². The first-order valence-corrected chi connectivity index (χ1v) is 5.45. The van der Waals surface area contributed by atoms with Crippen LogP contribution in [0.4, 0.5) is 0 Å². The van der Waals surface area contributed by atoms with Crippen molar-refractivity contribution < 1.29 is 4.79 Å². The van der Waals surface area contributed by atoms with Crippen molar-refractivity contribution in [1.82, 2.24) is 14.5 Å². The van der Waals surface area contributed by atoms with E-state index in [4.69, 9.17) is 11.6 Å². The molecular formula is C9H8ClN3OS. The fraction of sp³-hybridized carbons (Fsp3) is 0.222. The van der Waals surface area contributed by atoms with Crippen molar-refractivity contribution in [2.24, 2.45) is 0 Å². The highest BCUT2D eigenvalue weighted by Gasteiger charge is 2.12. The number of imidazole rings is 1. The van der Waals surface area contributed by atoms with Gasteiger partial charge in [0.25, 0.3) is 0 Å². The maximum Gasteiger partial charge on any atom is 0.197 e. The van der Waals surface area contributed by atoms with Crippen molar-refractivity contribution in [2.75, 3.05) is 0 Å². The van der Waals surface area contributed by atoms with E-state index in [2.05, 4.69) is 9.97 Å². The highest BCUT2D eigenvalue weighted by Crippen LogP contribution is 2.25. The third-order valence-corrected chi connectivity index (χ3v) is 3.54. The van der Waals surface area contributed by atoms with E-state index in [0.717, 1.165) is 11.4 Å². The largest absolute Gasteiger partial charge is 0.297 e. The Bertz CT molecular complexity index is 517. The van der Waals surface area contributed by atoms with Crippen LogP contribution in [-0.2, 0) is 0 Å². The molecular weight excluding hydrogens is 234 g/mol. The predicted molar refractivity (Wildman–Crippen MR) is 59.1 cm³/mol. The minimum absolute atomic E-state index is 0.246. The molecule has 0 spiro atoms. The Morgan fingerprint density at radius 3 is 2.73 bits per heavy atom. The summed E-state index contributed by atoms with van der Waals surface area (Å²) in [4.78, 5) is 19.3. The van der Waals surface area contributed by atoms with Gasteiger partial charge in [0.05, 0.1) is 5.69 Å². The topological polar surface area (TPSA) is 47.8 Å². The third-order valence-electron chi connectivity index (χ3n) is 2.16. The molecule has 0 fully saturated rings. The Balaban J connectivity index is 2.54. The molecule has 0 radical (unpaired) electrons. The maximum atomic E-state index is 10.6. The second-order valence-electron chi connectivity index (χ2n) is 3.05. The van der Waals surface area contributed by atoms with Crippen LogP contribution in [0.25, 0.3) is 5.13 Å². The van der Waals surface area contributed by atoms with Gasteiger partial charge in [-0.15, -0.1) is 0 Å². The monoisotopic (exact) mass is 241 g/mol. The summed E-state index contributed by atoms with van der Waals surface area (Å²) >= 11 is 7.04. The van der Waals surface area contributed by atoms with Crippen molar-refractivity contribution in [1.29, 1.82) is 0 Å². The van der Waals surface area contributed by atoms with Crippen molar-refractivity contribution in [3.8, 4) is 5.13 Å². The minimum atomic E-state index is 0.246. The van der Waals surface area contributed by atoms with Gasteiger partial charge in [0.15, 0.2) is 16.6 Å². The van der Waals surface area contributed by atoms with E-state index >= 15 is 0 Å². The smallest absolute Gasteiger partial charge is 0.197 e. The summed E-state index contributed by atoms with van der Waals surface area (Å²) in [5.41, 5.74) is 1.94. The van der Waals surface area contributed by atoms with Crippen LogP contribution >= 0.6 is 22.9 Å². The van der Waals surface area contributed by atoms with E-state index in [1.54, 1.807) is 6.33 Å². The van der Waals surface area contributed by atoms with Gasteiger partial charge >= 0.3 is 0 Å². The summed E-state index contributed by atoms with van der Waals surface area (Å²) < 4.78 is 1.82. The fourth-order valence-corrected chi connectivity index (χ4v) is 2.25. The summed E-state index contributed by atoms with van der Waals surface area (Å²) in [6.07, 6.45) is 2.39. The highest BCUT2D eigenvalue weighted by atomic mass is 35.5. The zero-order valence-corrected chi connectivity index (χ0v) is 9.76. The van der Waals surface area contributed by atoms with E-state index in [9.17, 15) is 4.79 Å². The summed E-state index contributed by atoms with van der Waals surface area (Å²) in [5.74, 6) is 0. The summed E-state index contributed by atoms with van der Waals surface area (Å²) in [6.45, 7) is 3.86. The molecule has 0 saturated carbocycles. The fourth-order valence-electron chi connectivity index (χ4n) is 1.17. The summed E-state index contributed by atoms with van der Waals surface area (Å²) in [6, 6.07) is 0. The SMILES string of the molecule is Cc1ncn(-c2nc(Cl)c(C=O)s2)c1C. The number of carbonyl (C=O) groups is 1. The van der Waals surface area contributed by atoms with E-state index in [1.165, 1.54) is 11.3 Å². The van der Waals surface area contributed by atoms with Crippen LogP contribution in [0.1, 0.15) is 21.1 Å². The van der Waals surface area contributed by atoms with Gasteiger partial charge in [-0.1, -0.05) is 22.9 Å². The van der Waals surface area contributed by atoms with E-state index in [1.807, 2.05) is 18.4 Å². The van der Waals surface area contributed by atoms with Crippen LogP contribution < -0.4 is 0 Å². The van der Waals surface area contributed by atoms with Gasteiger partial charge in [0.2, 0.25) is 0 Å². The first-order valence-electron chi connectivity index (χ1n) is 4.26. The minimum Gasteiger partial charge on any atom is -0.297 e. The Kier molecular flexibility index (Phi) is 2.58. The molecule has 2 heterocycles. The molecule has 0 aliphatic rings. The second kappa shape index (κ2) is 3.75. The number of carbonyl (C=O) groups excluding carboxylic acids is 1. The van der Waals surface area contributed by atoms with E-state index in [-0.39, 0.29) is 5.15 Å². The number of nitrogens with zero attached hydrogens (tertiary/aromatic N) is 3. The molecule has 15 heavy (non-hydrogen) atoms. The Labute approximate surface area is 95.5 Å². The van der Waals surface area contributed by atoms with Gasteiger partial charge in [-0.25, -0.2) is 9.97 Å². The predicted octanol–water partition coefficient (Wildman–Crippen LogP) is 2.41. The van der Waals surface area contributed by atoms with Gasteiger partial charge in [-0.3, -0.25) is 9.36 Å². The molecule has 0 unspecified atom stereocenters. The Morgan fingerprint density at radius 2 is 2.27 bits per heavy atom. The van der Waals surface area contributed by atoms with Crippen LogP contribution in [0.15, 0.2) is 6.33 Å². The quantitative estimate of drug-likeness (QED) is 0.759. The van der Waals surface area contributed by atoms with Crippen LogP contribution in [0.2, 0.25) is 5.15 Å². The zero-order chi connectivity index (χ0) is 11.0. The zero-order valence-electron chi connectivity index (χ0n) is 8.19. The number of aryl methyl sites for hydroxylation is 1. The van der Waals surface area contributed by atoms with E-state index in [0.29, 0.717) is 16.3 Å². The lowest BCUT2D eigenvalue weighted by molar-refractivity contribution is 0.112. The lowest BCUT2D eigenvalue weighted by atomic mass is 10.4. The average molecular weight is 242 g/mol. The van der Waals surface area contributed by atoms with Gasteiger partial charge in [0, 0.05) is 5.69 Å². The molecule has 78 valence electrons. The lowest BCUT2D eigenvalue weighted by Gasteiger charge is -1.98. The second-order valence-corrected chi connectivity index (χ2v) is 4.42. The first-order chi connectivity index (χ1) is 7.13. The lowest BCUT2D eigenvalue weighted by Crippen LogP contribution is -1.93. The highest BCUT2D eigenvalue weighted by molar-refractivity contribution is 7.16. The maximum absolute atomic E-state index is 10.6. The van der Waals surface area contributed by atoms with Crippen molar-refractivity contribution >= 4 is 29.2 Å². The molecule has 0 aliphatic carbocycles. The van der Waals surface area contributed by atoms with Gasteiger partial charge in [-0.2, -0.15) is 0 Å². The molecule has 2 aromatic heterocycles. The molecule has 0 aromatic carbocycles. The van der Waals surface area contributed by atoms with Gasteiger partial charge in [0.1, 0.15) is 11.2 Å². The van der Waals surface area contributed by atoms with E-state index < -0.39 is 0 Å². The summed E-state index contributed by atoms with van der Waals surface area (Å²) in [7, 11) is 0. The molecule has 0 saturated heterocycles. The van der Waals surface area contributed by atoms with Crippen LogP contribution in [0, 0.1) is 13.8 Å². The van der Waals surface area contributed by atoms with Gasteiger partial charge < -0.3 is 0 Å². The normalized spacial score (nSPS) is 10.6. The van der Waals surface area contributed by atoms with Crippen molar-refractivity contribution in [3.05, 3.63) is 27.7 Å². The number of thiazole rings is 1. The molecule has 0 atom stereocenters. The molecule has 0 N–H and O–H groups in total. The average Bonchev–Trinajstić information content (AvgIpc) is 2.72. The Hall–Kier alpha value is -1.20. The van der Waals surface area contributed by atoms with Crippen LogP contribution in [0.5, 0.6) is 0 Å². The molecule has 0 bridgehead atoms. The van der Waals surface area contributed by atoms with Crippen LogP contribution in [-0.4, -0.2) is 20.8 Å². The molecule has 2 aromatic rings. The third kappa shape index (κ3) is 1.68. The number of hydrogen-bond acceptors (Lipinski definition) is 4. The van der Waals surface area contributed by atoms with Crippen molar-refractivity contribution in [3.63, 3.8) is 0 Å². The number of aromatic nitrogens is 3. The number of rotatable bonds is 2. The van der Waals surface area contributed by atoms with Crippen LogP contribution in [0.3, 0.4) is 0 Å². The van der Waals surface area contributed by atoms with Gasteiger partial charge in [-0.05, 0) is 13.8 Å². The Morgan fingerprint density at radius 1 is 1.53 bits per heavy atom. The number of halogens is 1. The molecule has 0 aliphatic heterocycles. The summed E-state index contributed by atoms with van der Waals surface area (Å²) in [5, 5.41) is 0.913.